The van der Waals surface area contributed by atoms with Crippen molar-refractivity contribution in [2.75, 3.05) is 0 Å². The van der Waals surface area contributed by atoms with E-state index in [0.29, 0.717) is 23.1 Å². The molecule has 0 bridgehead atoms. The summed E-state index contributed by atoms with van der Waals surface area (Å²) < 4.78 is 0. The lowest BCUT2D eigenvalue weighted by Crippen LogP contribution is -2.42. The second-order valence-corrected chi connectivity index (χ2v) is 10.4. The van der Waals surface area contributed by atoms with Crippen LogP contribution >= 0.6 is 0 Å². The number of fused-ring (bicyclic) bond motifs is 3. The van der Waals surface area contributed by atoms with Gasteiger partial charge in [0.2, 0.25) is 0 Å². The van der Waals surface area contributed by atoms with Gasteiger partial charge >= 0.3 is 0 Å². The zero-order valence-electron chi connectivity index (χ0n) is 19.4. The van der Waals surface area contributed by atoms with E-state index in [2.05, 4.69) is 0 Å². The molecule has 3 unspecified atom stereocenters. The van der Waals surface area contributed by atoms with Gasteiger partial charge in [-0.15, -0.1) is 0 Å². The lowest BCUT2D eigenvalue weighted by Gasteiger charge is -2.41. The first kappa shape index (κ1) is 23.0. The number of aliphatic hydroxyl groups excluding tert-OH is 2. The molecular weight excluding hydrogens is 424 g/mol. The molecule has 0 heterocycles. The number of phenolic OH excluding ortho intramolecular Hbond substituents is 1. The van der Waals surface area contributed by atoms with Crippen molar-refractivity contribution >= 4 is 23.1 Å². The van der Waals surface area contributed by atoms with Crippen molar-refractivity contribution in [1.82, 2.24) is 0 Å². The van der Waals surface area contributed by atoms with E-state index in [1.807, 2.05) is 20.8 Å². The number of aliphatic hydroxyl groups is 2. The summed E-state index contributed by atoms with van der Waals surface area (Å²) in [6, 6.07) is 1.64. The summed E-state index contributed by atoms with van der Waals surface area (Å²) in [6.07, 6.45) is 0.623. The predicted octanol–water partition coefficient (Wildman–Crippen LogP) is 4.07. The topological polar surface area (TPSA) is 129 Å². The number of phenols is 1. The number of rotatable bonds is 2. The highest BCUT2D eigenvalue weighted by Gasteiger charge is 2.50. The summed E-state index contributed by atoms with van der Waals surface area (Å²) in [6.45, 7) is 8.17. The maximum absolute atomic E-state index is 13.7. The molecule has 4 rings (SSSR count). The van der Waals surface area contributed by atoms with Crippen molar-refractivity contribution < 1.29 is 34.5 Å². The van der Waals surface area contributed by atoms with Gasteiger partial charge in [-0.2, -0.15) is 0 Å². The number of hydrogen-bond acceptors (Lipinski definition) is 7. The summed E-state index contributed by atoms with van der Waals surface area (Å²) in [7, 11) is 0. The Morgan fingerprint density at radius 1 is 1.00 bits per heavy atom. The number of ketones is 4. The monoisotopic (exact) mass is 452 g/mol. The minimum atomic E-state index is -1.09. The average molecular weight is 453 g/mol. The molecule has 1 aromatic carbocycles. The summed E-state index contributed by atoms with van der Waals surface area (Å²) in [5, 5.41) is 32.5. The Labute approximate surface area is 191 Å². The van der Waals surface area contributed by atoms with Gasteiger partial charge in [-0.1, -0.05) is 20.8 Å². The van der Waals surface area contributed by atoms with Crippen LogP contribution in [-0.2, 0) is 21.4 Å². The highest BCUT2D eigenvalue weighted by atomic mass is 16.3. The molecule has 1 aromatic rings. The summed E-state index contributed by atoms with van der Waals surface area (Å²) >= 11 is 0. The van der Waals surface area contributed by atoms with Crippen LogP contribution in [0.4, 0.5) is 0 Å². The van der Waals surface area contributed by atoms with Gasteiger partial charge in [0.15, 0.2) is 23.1 Å². The van der Waals surface area contributed by atoms with E-state index in [9.17, 15) is 34.5 Å². The van der Waals surface area contributed by atoms with Crippen LogP contribution in [0, 0.1) is 17.8 Å². The fraction of sp³-hybridized carbons (Fsp3) is 0.462. The molecule has 3 atom stereocenters. The third-order valence-corrected chi connectivity index (χ3v) is 7.18. The molecule has 3 aliphatic carbocycles. The molecule has 33 heavy (non-hydrogen) atoms. The molecule has 0 amide bonds. The van der Waals surface area contributed by atoms with Gasteiger partial charge < -0.3 is 15.3 Å². The normalized spacial score (nSPS) is 24.9. The Balaban J connectivity index is 1.93. The third-order valence-electron chi connectivity index (χ3n) is 7.18. The fourth-order valence-corrected chi connectivity index (χ4v) is 5.71. The van der Waals surface area contributed by atoms with Crippen LogP contribution in [0.15, 0.2) is 28.7 Å². The van der Waals surface area contributed by atoms with Crippen LogP contribution in [0.2, 0.25) is 0 Å². The number of allylic oxidation sites excluding steroid dienone is 4. The fourth-order valence-electron chi connectivity index (χ4n) is 5.71. The van der Waals surface area contributed by atoms with E-state index in [0.717, 1.165) is 0 Å². The quantitative estimate of drug-likeness (QED) is 0.456. The maximum Gasteiger partial charge on any atom is 0.196 e. The second-order valence-electron chi connectivity index (χ2n) is 10.4. The van der Waals surface area contributed by atoms with Crippen LogP contribution in [0.3, 0.4) is 0 Å². The molecule has 0 aromatic heterocycles. The Morgan fingerprint density at radius 3 is 2.18 bits per heavy atom. The lowest BCUT2D eigenvalue weighted by atomic mass is 9.61. The van der Waals surface area contributed by atoms with Crippen LogP contribution in [0.1, 0.15) is 79.3 Å². The van der Waals surface area contributed by atoms with Crippen molar-refractivity contribution in [2.45, 2.75) is 59.3 Å². The van der Waals surface area contributed by atoms with Crippen LogP contribution in [-0.4, -0.2) is 38.5 Å². The van der Waals surface area contributed by atoms with E-state index in [4.69, 9.17) is 0 Å². The molecule has 7 nitrogen and oxygen atoms in total. The van der Waals surface area contributed by atoms with Crippen LogP contribution in [0.25, 0.3) is 0 Å². The summed E-state index contributed by atoms with van der Waals surface area (Å²) in [5.74, 6) is -5.02. The van der Waals surface area contributed by atoms with Gasteiger partial charge in [-0.3, -0.25) is 19.2 Å². The van der Waals surface area contributed by atoms with Gasteiger partial charge in [0.1, 0.15) is 17.3 Å². The molecule has 0 radical (unpaired) electrons. The molecule has 0 fully saturated rings. The number of carbonyl (C=O) groups excluding carboxylic acids is 4. The van der Waals surface area contributed by atoms with Gasteiger partial charge in [-0.25, -0.2) is 0 Å². The number of benzene rings is 1. The van der Waals surface area contributed by atoms with Crippen LogP contribution in [0.5, 0.6) is 5.75 Å². The van der Waals surface area contributed by atoms with E-state index in [-0.39, 0.29) is 46.8 Å². The van der Waals surface area contributed by atoms with Crippen molar-refractivity contribution in [2.24, 2.45) is 17.8 Å². The van der Waals surface area contributed by atoms with Crippen molar-refractivity contribution in [3.8, 4) is 5.75 Å². The van der Waals surface area contributed by atoms with Crippen molar-refractivity contribution in [3.63, 3.8) is 0 Å². The van der Waals surface area contributed by atoms with Crippen molar-refractivity contribution in [1.29, 1.82) is 0 Å². The van der Waals surface area contributed by atoms with E-state index in [1.165, 1.54) is 13.8 Å². The Hall–Kier alpha value is -3.22. The molecule has 7 heteroatoms. The first-order chi connectivity index (χ1) is 15.3. The highest BCUT2D eigenvalue weighted by Crippen LogP contribution is 2.51. The molecule has 3 N–H and O–H groups in total. The first-order valence-corrected chi connectivity index (χ1v) is 11.1. The van der Waals surface area contributed by atoms with E-state index < -0.39 is 46.3 Å². The highest BCUT2D eigenvalue weighted by molar-refractivity contribution is 6.22. The molecular formula is C26H28O7. The number of carbonyl (C=O) groups is 4. The minimum absolute atomic E-state index is 0.00249. The third kappa shape index (κ3) is 3.33. The van der Waals surface area contributed by atoms with Gasteiger partial charge in [-0.05, 0) is 55.6 Å². The Kier molecular flexibility index (Phi) is 5.15. The van der Waals surface area contributed by atoms with Gasteiger partial charge in [0.25, 0.3) is 0 Å². The number of aromatic hydroxyl groups is 1. The first-order valence-electron chi connectivity index (χ1n) is 11.1. The van der Waals surface area contributed by atoms with Gasteiger partial charge in [0, 0.05) is 23.1 Å². The number of hydrogen-bond donors (Lipinski definition) is 3. The Bertz CT molecular complexity index is 1210. The molecule has 0 saturated heterocycles. The summed E-state index contributed by atoms with van der Waals surface area (Å²) in [4.78, 5) is 51.1. The largest absolute Gasteiger partial charge is 0.511 e. The summed E-state index contributed by atoms with van der Waals surface area (Å²) in [5.41, 5.74) is 0.434. The molecule has 0 saturated carbocycles. The lowest BCUT2D eigenvalue weighted by molar-refractivity contribution is -0.125. The van der Waals surface area contributed by atoms with Crippen molar-refractivity contribution in [3.05, 3.63) is 51.0 Å². The second kappa shape index (κ2) is 7.40. The molecule has 0 spiro atoms. The minimum Gasteiger partial charge on any atom is -0.511 e. The molecule has 0 aliphatic heterocycles. The zero-order valence-corrected chi connectivity index (χ0v) is 19.4. The SMILES string of the molecule is CC(=O)C1=C(O)CC2CC3Cc4c(C(C)=O)cc(C(C)(C)C)c(O)c4C(=O)C3=C(O)C2C1=O. The Morgan fingerprint density at radius 2 is 1.64 bits per heavy atom. The zero-order chi connectivity index (χ0) is 24.6. The standard InChI is InChI=1S/C26H28O7/c1-10(27)14-9-16(26(3,4)5)22(30)21-15(14)7-12-6-13-8-17(29)18(11(2)28)23(31)20(13)24(32)19(12)25(21)33/h9,12-13,20,29-30,32H,6-8H2,1-5H3. The van der Waals surface area contributed by atoms with E-state index >= 15 is 0 Å². The average Bonchev–Trinajstić information content (AvgIpc) is 2.65. The predicted molar refractivity (Wildman–Crippen MR) is 120 cm³/mol. The van der Waals surface area contributed by atoms with Crippen LogP contribution < -0.4 is 0 Å². The number of Topliss-reactive ketones (excluding diaryl/α,β-unsaturated/α-hetero) is 4. The maximum atomic E-state index is 13.7. The van der Waals surface area contributed by atoms with E-state index in [1.54, 1.807) is 6.07 Å². The van der Waals surface area contributed by atoms with Gasteiger partial charge in [0.05, 0.1) is 17.1 Å². The smallest absolute Gasteiger partial charge is 0.196 e. The molecule has 174 valence electrons. The molecule has 3 aliphatic rings.